The van der Waals surface area contributed by atoms with E-state index in [0.717, 1.165) is 0 Å². The van der Waals surface area contributed by atoms with Crippen molar-refractivity contribution in [3.63, 3.8) is 0 Å². The van der Waals surface area contributed by atoms with E-state index in [2.05, 4.69) is 5.32 Å². The summed E-state index contributed by atoms with van der Waals surface area (Å²) in [4.78, 5) is 27.3. The molecular weight excluding hydrogens is 391 g/mol. The van der Waals surface area contributed by atoms with E-state index < -0.39 is 6.04 Å². The summed E-state index contributed by atoms with van der Waals surface area (Å²) < 4.78 is 11.0. The van der Waals surface area contributed by atoms with Crippen LogP contribution in [0.2, 0.25) is 10.0 Å². The van der Waals surface area contributed by atoms with E-state index in [1.807, 2.05) is 0 Å². The van der Waals surface area contributed by atoms with Crippen molar-refractivity contribution in [2.75, 3.05) is 26.3 Å². The van der Waals surface area contributed by atoms with E-state index in [-0.39, 0.29) is 11.8 Å². The quantitative estimate of drug-likeness (QED) is 0.831. The molecule has 1 saturated heterocycles. The zero-order chi connectivity index (χ0) is 19.0. The molecule has 2 amide bonds. The monoisotopic (exact) mass is 406 g/mol. The molecule has 0 aromatic heterocycles. The normalized spacial score (nSPS) is 18.8. The van der Waals surface area contributed by atoms with Gasteiger partial charge < -0.3 is 19.7 Å². The van der Waals surface area contributed by atoms with Crippen molar-refractivity contribution in [3.8, 4) is 11.5 Å². The Kier molecular flexibility index (Phi) is 4.85. The van der Waals surface area contributed by atoms with Gasteiger partial charge in [-0.15, -0.1) is 0 Å². The number of halogens is 2. The average Bonchev–Trinajstić information content (AvgIpc) is 2.68. The van der Waals surface area contributed by atoms with Gasteiger partial charge in [0.2, 0.25) is 5.91 Å². The van der Waals surface area contributed by atoms with Gasteiger partial charge in [-0.05, 0) is 18.2 Å². The first kappa shape index (κ1) is 17.9. The molecule has 2 aromatic carbocycles. The smallest absolute Gasteiger partial charge is 0.255 e. The number of piperazine rings is 1. The van der Waals surface area contributed by atoms with Gasteiger partial charge in [-0.2, -0.15) is 0 Å². The standard InChI is InChI=1S/C19H16Cl2N2O4/c20-13-4-2-1-3-12(13)16-18(24)22-5-6-23(16)19(25)11-9-14(21)17-15(10-11)26-7-8-27-17/h1-4,9-10,16H,5-8H2,(H,22,24)/t16-/m0/s1. The summed E-state index contributed by atoms with van der Waals surface area (Å²) in [5.41, 5.74) is 0.907. The van der Waals surface area contributed by atoms with Gasteiger partial charge in [0, 0.05) is 29.2 Å². The minimum Gasteiger partial charge on any atom is -0.486 e. The molecule has 2 aromatic rings. The highest BCUT2D eigenvalue weighted by Gasteiger charge is 2.36. The molecule has 6 nitrogen and oxygen atoms in total. The first-order valence-corrected chi connectivity index (χ1v) is 9.24. The molecule has 27 heavy (non-hydrogen) atoms. The molecule has 0 spiro atoms. The molecule has 8 heteroatoms. The fourth-order valence-electron chi connectivity index (χ4n) is 3.29. The third kappa shape index (κ3) is 3.31. The summed E-state index contributed by atoms with van der Waals surface area (Å²) in [6.07, 6.45) is 0. The SMILES string of the molecule is O=C1NCCN(C(=O)c2cc(Cl)c3c(c2)OCCO3)[C@H]1c1ccccc1Cl. The molecule has 0 bridgehead atoms. The van der Waals surface area contributed by atoms with Gasteiger partial charge in [0.05, 0.1) is 5.02 Å². The second-order valence-electron chi connectivity index (χ2n) is 6.20. The van der Waals surface area contributed by atoms with Crippen LogP contribution in [0.15, 0.2) is 36.4 Å². The minimum absolute atomic E-state index is 0.272. The molecule has 1 atom stereocenters. The van der Waals surface area contributed by atoms with Gasteiger partial charge in [-0.3, -0.25) is 9.59 Å². The van der Waals surface area contributed by atoms with Gasteiger partial charge >= 0.3 is 0 Å². The molecule has 0 aliphatic carbocycles. The summed E-state index contributed by atoms with van der Waals surface area (Å²) in [5.74, 6) is 0.256. The van der Waals surface area contributed by atoms with E-state index >= 15 is 0 Å². The van der Waals surface area contributed by atoms with Crippen molar-refractivity contribution in [3.05, 3.63) is 57.6 Å². The Morgan fingerprint density at radius 1 is 1.11 bits per heavy atom. The van der Waals surface area contributed by atoms with Crippen LogP contribution in [0.4, 0.5) is 0 Å². The molecular formula is C19H16Cl2N2O4. The third-order valence-corrected chi connectivity index (χ3v) is 5.14. The van der Waals surface area contributed by atoms with Crippen LogP contribution in [0.5, 0.6) is 11.5 Å². The van der Waals surface area contributed by atoms with E-state index in [9.17, 15) is 9.59 Å². The summed E-state index contributed by atoms with van der Waals surface area (Å²) in [5, 5.41) is 3.52. The average molecular weight is 407 g/mol. The summed E-state index contributed by atoms with van der Waals surface area (Å²) in [6.45, 7) is 1.51. The zero-order valence-electron chi connectivity index (χ0n) is 14.2. The van der Waals surface area contributed by atoms with Crippen molar-refractivity contribution in [1.29, 1.82) is 0 Å². The van der Waals surface area contributed by atoms with Crippen LogP contribution in [0.25, 0.3) is 0 Å². The molecule has 0 radical (unpaired) electrons. The van der Waals surface area contributed by atoms with E-state index in [1.54, 1.807) is 30.3 Å². The van der Waals surface area contributed by atoms with Crippen LogP contribution in [0.1, 0.15) is 22.0 Å². The maximum Gasteiger partial charge on any atom is 0.255 e. The highest BCUT2D eigenvalue weighted by atomic mass is 35.5. The third-order valence-electron chi connectivity index (χ3n) is 4.52. The second kappa shape index (κ2) is 7.29. The van der Waals surface area contributed by atoms with Gasteiger partial charge in [-0.25, -0.2) is 0 Å². The van der Waals surface area contributed by atoms with Crippen LogP contribution in [-0.4, -0.2) is 43.0 Å². The van der Waals surface area contributed by atoms with Crippen LogP contribution < -0.4 is 14.8 Å². The lowest BCUT2D eigenvalue weighted by Crippen LogP contribution is -2.52. The highest BCUT2D eigenvalue weighted by molar-refractivity contribution is 6.33. The Balaban J connectivity index is 1.72. The zero-order valence-corrected chi connectivity index (χ0v) is 15.7. The number of carbonyl (C=O) groups is 2. The molecule has 2 aliphatic heterocycles. The van der Waals surface area contributed by atoms with Crippen LogP contribution in [0.3, 0.4) is 0 Å². The number of hydrogen-bond acceptors (Lipinski definition) is 4. The van der Waals surface area contributed by atoms with Crippen molar-refractivity contribution in [2.24, 2.45) is 0 Å². The molecule has 0 unspecified atom stereocenters. The highest BCUT2D eigenvalue weighted by Crippen LogP contribution is 2.39. The summed E-state index contributed by atoms with van der Waals surface area (Å²) in [7, 11) is 0. The molecule has 2 aliphatic rings. The molecule has 4 rings (SSSR count). The molecule has 2 heterocycles. The predicted octanol–water partition coefficient (Wildman–Crippen LogP) is 3.08. The number of fused-ring (bicyclic) bond motifs is 1. The largest absolute Gasteiger partial charge is 0.486 e. The predicted molar refractivity (Wildman–Crippen MR) is 101 cm³/mol. The van der Waals surface area contributed by atoms with Crippen molar-refractivity contribution in [1.82, 2.24) is 10.2 Å². The molecule has 1 N–H and O–H groups in total. The van der Waals surface area contributed by atoms with Crippen molar-refractivity contribution >= 4 is 35.0 Å². The lowest BCUT2D eigenvalue weighted by atomic mass is 10.0. The number of nitrogens with one attached hydrogen (secondary N) is 1. The van der Waals surface area contributed by atoms with E-state index in [0.29, 0.717) is 59.0 Å². The topological polar surface area (TPSA) is 67.9 Å². The van der Waals surface area contributed by atoms with E-state index in [1.165, 1.54) is 11.0 Å². The number of rotatable bonds is 2. The van der Waals surface area contributed by atoms with E-state index in [4.69, 9.17) is 32.7 Å². The Hall–Kier alpha value is -2.44. The van der Waals surface area contributed by atoms with Crippen LogP contribution in [-0.2, 0) is 4.79 Å². The first-order valence-electron chi connectivity index (χ1n) is 8.48. The maximum atomic E-state index is 13.2. The fraction of sp³-hybridized carbons (Fsp3) is 0.263. The second-order valence-corrected chi connectivity index (χ2v) is 7.01. The summed E-state index contributed by atoms with van der Waals surface area (Å²) in [6, 6.07) is 9.32. The minimum atomic E-state index is -0.813. The Labute approximate surface area is 165 Å². The lowest BCUT2D eigenvalue weighted by molar-refractivity contribution is -0.128. The van der Waals surface area contributed by atoms with Crippen molar-refractivity contribution < 1.29 is 19.1 Å². The summed E-state index contributed by atoms with van der Waals surface area (Å²) >= 11 is 12.5. The maximum absolute atomic E-state index is 13.2. The molecule has 1 fully saturated rings. The number of amides is 2. The Bertz CT molecular complexity index is 919. The lowest BCUT2D eigenvalue weighted by Gasteiger charge is -2.36. The number of nitrogens with zero attached hydrogens (tertiary/aromatic N) is 1. The number of ether oxygens (including phenoxy) is 2. The number of carbonyl (C=O) groups excluding carboxylic acids is 2. The fourth-order valence-corrected chi connectivity index (χ4v) is 3.80. The molecule has 140 valence electrons. The first-order chi connectivity index (χ1) is 13.1. The van der Waals surface area contributed by atoms with Gasteiger partial charge in [-0.1, -0.05) is 41.4 Å². The van der Waals surface area contributed by atoms with Gasteiger partial charge in [0.1, 0.15) is 19.3 Å². The van der Waals surface area contributed by atoms with Gasteiger partial charge in [0.25, 0.3) is 5.91 Å². The van der Waals surface area contributed by atoms with Crippen LogP contribution >= 0.6 is 23.2 Å². The molecule has 0 saturated carbocycles. The number of hydrogen-bond donors (Lipinski definition) is 1. The number of benzene rings is 2. The van der Waals surface area contributed by atoms with Crippen molar-refractivity contribution in [2.45, 2.75) is 6.04 Å². The Morgan fingerprint density at radius 2 is 1.89 bits per heavy atom. The Morgan fingerprint density at radius 3 is 2.70 bits per heavy atom. The van der Waals surface area contributed by atoms with Gasteiger partial charge in [0.15, 0.2) is 11.5 Å². The van der Waals surface area contributed by atoms with Crippen LogP contribution in [0, 0.1) is 0 Å².